The normalized spacial score (nSPS) is 10.8. The molecule has 0 radical (unpaired) electrons. The van der Waals surface area contributed by atoms with Crippen LogP contribution < -0.4 is 0 Å². The van der Waals surface area contributed by atoms with Crippen LogP contribution in [0.4, 0.5) is 0 Å². The fraction of sp³-hybridized carbons (Fsp3) is 0.333. The standard InChI is InChI=1S/C15H18N2O4/c1-21-9-7-11-4-2-3-5-13(11)17-10-12(6-8-18)14(16-17)15(19)20/h2-5,10,18H,6-9H2,1H3,(H,19,20). The molecule has 0 amide bonds. The Morgan fingerprint density at radius 2 is 2.05 bits per heavy atom. The van der Waals surface area contributed by atoms with E-state index < -0.39 is 5.97 Å². The Morgan fingerprint density at radius 1 is 1.29 bits per heavy atom. The number of aliphatic hydroxyl groups excluding tert-OH is 1. The number of aromatic nitrogens is 2. The van der Waals surface area contributed by atoms with Gasteiger partial charge in [0.1, 0.15) is 0 Å². The second-order valence-electron chi connectivity index (χ2n) is 4.60. The molecule has 2 aromatic rings. The first-order chi connectivity index (χ1) is 10.2. The Balaban J connectivity index is 2.42. The van der Waals surface area contributed by atoms with Gasteiger partial charge >= 0.3 is 5.97 Å². The lowest BCUT2D eigenvalue weighted by Gasteiger charge is -2.08. The summed E-state index contributed by atoms with van der Waals surface area (Å²) in [6.07, 6.45) is 2.64. The third kappa shape index (κ3) is 3.48. The van der Waals surface area contributed by atoms with Gasteiger partial charge in [-0.25, -0.2) is 9.48 Å². The number of para-hydroxylation sites is 1. The summed E-state index contributed by atoms with van der Waals surface area (Å²) in [5.41, 5.74) is 2.34. The number of methoxy groups -OCH3 is 1. The number of aliphatic hydroxyl groups is 1. The number of ether oxygens (including phenoxy) is 1. The lowest BCUT2D eigenvalue weighted by Crippen LogP contribution is -2.05. The fourth-order valence-corrected chi connectivity index (χ4v) is 2.17. The molecule has 0 saturated heterocycles. The predicted octanol–water partition coefficient (Wildman–Crippen LogP) is 1.29. The van der Waals surface area contributed by atoms with Crippen molar-refractivity contribution in [3.05, 3.63) is 47.3 Å². The van der Waals surface area contributed by atoms with Crippen molar-refractivity contribution in [2.45, 2.75) is 12.8 Å². The van der Waals surface area contributed by atoms with Crippen LogP contribution in [0.1, 0.15) is 21.6 Å². The molecule has 1 aromatic heterocycles. The van der Waals surface area contributed by atoms with Crippen LogP contribution in [0, 0.1) is 0 Å². The number of hydrogen-bond acceptors (Lipinski definition) is 4. The third-order valence-corrected chi connectivity index (χ3v) is 3.19. The number of nitrogens with zero attached hydrogens (tertiary/aromatic N) is 2. The maximum absolute atomic E-state index is 11.2. The average Bonchev–Trinajstić information content (AvgIpc) is 2.90. The smallest absolute Gasteiger partial charge is 0.356 e. The van der Waals surface area contributed by atoms with Crippen molar-refractivity contribution in [3.63, 3.8) is 0 Å². The van der Waals surface area contributed by atoms with Gasteiger partial charge in [0.25, 0.3) is 0 Å². The molecule has 2 rings (SSSR count). The zero-order valence-electron chi connectivity index (χ0n) is 11.8. The summed E-state index contributed by atoms with van der Waals surface area (Å²) >= 11 is 0. The van der Waals surface area contributed by atoms with Crippen LogP contribution in [0.3, 0.4) is 0 Å². The van der Waals surface area contributed by atoms with E-state index in [1.54, 1.807) is 18.0 Å². The van der Waals surface area contributed by atoms with E-state index in [4.69, 9.17) is 9.84 Å². The molecule has 0 saturated carbocycles. The van der Waals surface area contributed by atoms with E-state index in [9.17, 15) is 9.90 Å². The SMILES string of the molecule is COCCc1ccccc1-n1cc(CCO)c(C(=O)O)n1. The Morgan fingerprint density at radius 3 is 2.71 bits per heavy atom. The summed E-state index contributed by atoms with van der Waals surface area (Å²) in [5, 5.41) is 22.3. The zero-order valence-corrected chi connectivity index (χ0v) is 11.8. The highest BCUT2D eigenvalue weighted by molar-refractivity contribution is 5.87. The van der Waals surface area contributed by atoms with E-state index in [0.717, 1.165) is 11.3 Å². The summed E-state index contributed by atoms with van der Waals surface area (Å²) in [5.74, 6) is -1.09. The third-order valence-electron chi connectivity index (χ3n) is 3.19. The molecule has 1 aromatic carbocycles. The lowest BCUT2D eigenvalue weighted by molar-refractivity contribution is 0.0688. The number of carbonyl (C=O) groups is 1. The number of benzene rings is 1. The minimum Gasteiger partial charge on any atom is -0.476 e. The Kier molecular flexibility index (Phi) is 5.08. The van der Waals surface area contributed by atoms with Crippen molar-refractivity contribution in [1.82, 2.24) is 9.78 Å². The van der Waals surface area contributed by atoms with E-state index in [2.05, 4.69) is 5.10 Å². The average molecular weight is 290 g/mol. The van der Waals surface area contributed by atoms with Gasteiger partial charge in [-0.3, -0.25) is 0 Å². The van der Waals surface area contributed by atoms with Gasteiger partial charge < -0.3 is 14.9 Å². The van der Waals surface area contributed by atoms with Gasteiger partial charge in [0, 0.05) is 25.5 Å². The van der Waals surface area contributed by atoms with Crippen molar-refractivity contribution in [2.24, 2.45) is 0 Å². The molecule has 0 atom stereocenters. The molecule has 1 heterocycles. The molecule has 2 N–H and O–H groups in total. The van der Waals surface area contributed by atoms with Crippen molar-refractivity contribution in [3.8, 4) is 5.69 Å². The molecule has 0 aliphatic heterocycles. The van der Waals surface area contributed by atoms with Crippen LogP contribution in [-0.2, 0) is 17.6 Å². The van der Waals surface area contributed by atoms with Crippen molar-refractivity contribution < 1.29 is 19.7 Å². The highest BCUT2D eigenvalue weighted by Gasteiger charge is 2.17. The molecule has 6 nitrogen and oxygen atoms in total. The molecule has 0 bridgehead atoms. The van der Waals surface area contributed by atoms with E-state index >= 15 is 0 Å². The molecule has 112 valence electrons. The first-order valence-electron chi connectivity index (χ1n) is 6.67. The van der Waals surface area contributed by atoms with Gasteiger partial charge in [-0.2, -0.15) is 5.10 Å². The van der Waals surface area contributed by atoms with Gasteiger partial charge in [-0.15, -0.1) is 0 Å². The first kappa shape index (κ1) is 15.2. The van der Waals surface area contributed by atoms with Crippen LogP contribution in [0.25, 0.3) is 5.69 Å². The largest absolute Gasteiger partial charge is 0.476 e. The molecule has 0 spiro atoms. The molecular weight excluding hydrogens is 272 g/mol. The Labute approximate surface area is 122 Å². The molecular formula is C15H18N2O4. The minimum absolute atomic E-state index is 0.0226. The fourth-order valence-electron chi connectivity index (χ4n) is 2.17. The van der Waals surface area contributed by atoms with Crippen LogP contribution >= 0.6 is 0 Å². The van der Waals surface area contributed by atoms with Gasteiger partial charge in [0.2, 0.25) is 0 Å². The molecule has 0 aliphatic carbocycles. The van der Waals surface area contributed by atoms with E-state index in [0.29, 0.717) is 18.6 Å². The summed E-state index contributed by atoms with van der Waals surface area (Å²) in [4.78, 5) is 11.2. The van der Waals surface area contributed by atoms with Crippen LogP contribution in [-0.4, -0.2) is 46.3 Å². The number of carboxylic acid groups (broad SMARTS) is 1. The molecule has 0 unspecified atom stereocenters. The predicted molar refractivity (Wildman–Crippen MR) is 76.9 cm³/mol. The van der Waals surface area contributed by atoms with Crippen LogP contribution in [0.15, 0.2) is 30.5 Å². The topological polar surface area (TPSA) is 84.6 Å². The maximum Gasteiger partial charge on any atom is 0.356 e. The monoisotopic (exact) mass is 290 g/mol. The second kappa shape index (κ2) is 7.01. The minimum atomic E-state index is -1.09. The highest BCUT2D eigenvalue weighted by Crippen LogP contribution is 2.18. The van der Waals surface area contributed by atoms with Gasteiger partial charge in [0.15, 0.2) is 5.69 Å². The summed E-state index contributed by atoms with van der Waals surface area (Å²) in [7, 11) is 1.64. The maximum atomic E-state index is 11.2. The second-order valence-corrected chi connectivity index (χ2v) is 4.60. The van der Waals surface area contributed by atoms with Gasteiger partial charge in [-0.1, -0.05) is 18.2 Å². The molecule has 21 heavy (non-hydrogen) atoms. The van der Waals surface area contributed by atoms with E-state index in [-0.39, 0.29) is 18.7 Å². The van der Waals surface area contributed by atoms with Crippen molar-refractivity contribution >= 4 is 5.97 Å². The quantitative estimate of drug-likeness (QED) is 0.802. The van der Waals surface area contributed by atoms with Crippen molar-refractivity contribution in [1.29, 1.82) is 0 Å². The number of rotatable bonds is 7. The highest BCUT2D eigenvalue weighted by atomic mass is 16.5. The molecule has 0 fully saturated rings. The van der Waals surface area contributed by atoms with Crippen LogP contribution in [0.5, 0.6) is 0 Å². The Hall–Kier alpha value is -2.18. The first-order valence-corrected chi connectivity index (χ1v) is 6.67. The molecule has 0 aliphatic rings. The Bertz CT molecular complexity index is 622. The van der Waals surface area contributed by atoms with E-state index in [1.807, 2.05) is 24.3 Å². The van der Waals surface area contributed by atoms with Crippen molar-refractivity contribution in [2.75, 3.05) is 20.3 Å². The number of aromatic carboxylic acids is 1. The zero-order chi connectivity index (χ0) is 15.2. The summed E-state index contributed by atoms with van der Waals surface area (Å²) in [6, 6.07) is 7.64. The van der Waals surface area contributed by atoms with Gasteiger partial charge in [0.05, 0.1) is 12.3 Å². The van der Waals surface area contributed by atoms with Crippen LogP contribution in [0.2, 0.25) is 0 Å². The van der Waals surface area contributed by atoms with Gasteiger partial charge in [-0.05, 0) is 24.5 Å². The molecule has 6 heteroatoms. The van der Waals surface area contributed by atoms with E-state index in [1.165, 1.54) is 0 Å². The summed E-state index contributed by atoms with van der Waals surface area (Å²) < 4.78 is 6.64. The number of carboxylic acids is 1. The lowest BCUT2D eigenvalue weighted by atomic mass is 10.1. The number of hydrogen-bond donors (Lipinski definition) is 2. The summed E-state index contributed by atoms with van der Waals surface area (Å²) in [6.45, 7) is 0.463.